The van der Waals surface area contributed by atoms with Crippen molar-refractivity contribution in [3.05, 3.63) is 58.9 Å². The molecule has 0 saturated carbocycles. The van der Waals surface area contributed by atoms with Crippen LogP contribution in [-0.4, -0.2) is 17.6 Å². The molecule has 2 aromatic rings. The van der Waals surface area contributed by atoms with Crippen LogP contribution in [0.5, 0.6) is 0 Å². The van der Waals surface area contributed by atoms with E-state index in [2.05, 4.69) is 10.6 Å². The van der Waals surface area contributed by atoms with Gasteiger partial charge < -0.3 is 10.6 Å². The van der Waals surface area contributed by atoms with Gasteiger partial charge in [0.15, 0.2) is 5.78 Å². The van der Waals surface area contributed by atoms with Crippen molar-refractivity contribution in [3.8, 4) is 0 Å². The number of amides is 2. The first-order valence-electron chi connectivity index (χ1n) is 6.55. The Balaban J connectivity index is 2.05. The van der Waals surface area contributed by atoms with Gasteiger partial charge in [-0.15, -0.1) is 0 Å². The molecule has 2 N–H and O–H groups in total. The largest absolute Gasteiger partial charge is 0.318 e. The Morgan fingerprint density at radius 2 is 1.57 bits per heavy atom. The second-order valence-corrected chi connectivity index (χ2v) is 5.08. The Hall–Kier alpha value is -2.73. The van der Waals surface area contributed by atoms with Gasteiger partial charge in [-0.05, 0) is 37.3 Å². The number of anilines is 2. The van der Waals surface area contributed by atoms with E-state index in [0.29, 0.717) is 11.3 Å². The van der Waals surface area contributed by atoms with Crippen molar-refractivity contribution in [1.82, 2.24) is 0 Å². The fourth-order valence-corrected chi connectivity index (χ4v) is 1.95. The number of rotatable bonds is 3. The molecule has 0 unspecified atom stereocenters. The van der Waals surface area contributed by atoms with Gasteiger partial charge in [0.1, 0.15) is 5.82 Å². The quantitative estimate of drug-likeness (QED) is 0.668. The Kier molecular flexibility index (Phi) is 5.08. The smallest absolute Gasteiger partial charge is 0.314 e. The van der Waals surface area contributed by atoms with E-state index in [9.17, 15) is 18.8 Å². The molecule has 0 saturated heterocycles. The predicted molar refractivity (Wildman–Crippen MR) is 85.1 cm³/mol. The van der Waals surface area contributed by atoms with Gasteiger partial charge >= 0.3 is 11.8 Å². The topological polar surface area (TPSA) is 75.3 Å². The van der Waals surface area contributed by atoms with Crippen LogP contribution in [0.25, 0.3) is 0 Å². The van der Waals surface area contributed by atoms with Gasteiger partial charge in [0.25, 0.3) is 0 Å². The number of carbonyl (C=O) groups is 3. The highest BCUT2D eigenvalue weighted by Crippen LogP contribution is 2.19. The first-order valence-corrected chi connectivity index (χ1v) is 6.93. The molecule has 0 aliphatic carbocycles. The molecule has 0 bridgehead atoms. The summed E-state index contributed by atoms with van der Waals surface area (Å²) in [5, 5.41) is 4.50. The summed E-state index contributed by atoms with van der Waals surface area (Å²) >= 11 is 5.59. The van der Waals surface area contributed by atoms with E-state index in [4.69, 9.17) is 11.6 Å². The van der Waals surface area contributed by atoms with E-state index >= 15 is 0 Å². The van der Waals surface area contributed by atoms with E-state index in [1.54, 1.807) is 18.2 Å². The second kappa shape index (κ2) is 7.02. The van der Waals surface area contributed by atoms with Crippen LogP contribution >= 0.6 is 11.6 Å². The highest BCUT2D eigenvalue weighted by atomic mass is 35.5. The normalized spacial score (nSPS) is 10.0. The molecule has 0 fully saturated rings. The highest BCUT2D eigenvalue weighted by Gasteiger charge is 2.15. The molecule has 2 amide bonds. The fraction of sp³-hybridized carbons (Fsp3) is 0.0625. The second-order valence-electron chi connectivity index (χ2n) is 4.67. The summed E-state index contributed by atoms with van der Waals surface area (Å²) in [5.74, 6) is -2.66. The summed E-state index contributed by atoms with van der Waals surface area (Å²) in [5.41, 5.74) is 0.914. The first kappa shape index (κ1) is 16.6. The minimum atomic E-state index is -0.944. The minimum Gasteiger partial charge on any atom is -0.318 e. The van der Waals surface area contributed by atoms with Crippen molar-refractivity contribution in [2.24, 2.45) is 0 Å². The van der Waals surface area contributed by atoms with Crippen LogP contribution in [0.2, 0.25) is 5.02 Å². The molecule has 0 aromatic heterocycles. The Morgan fingerprint density at radius 3 is 2.13 bits per heavy atom. The average Bonchev–Trinajstić information content (AvgIpc) is 2.51. The number of ketones is 1. The number of halogens is 2. The molecule has 0 atom stereocenters. The molecule has 0 aliphatic rings. The van der Waals surface area contributed by atoms with Crippen LogP contribution in [0, 0.1) is 5.82 Å². The Morgan fingerprint density at radius 1 is 0.957 bits per heavy atom. The van der Waals surface area contributed by atoms with Gasteiger partial charge in [0.05, 0.1) is 5.02 Å². The lowest BCUT2D eigenvalue weighted by Crippen LogP contribution is -2.29. The summed E-state index contributed by atoms with van der Waals surface area (Å²) in [7, 11) is 0. The molecule has 5 nitrogen and oxygen atoms in total. The van der Waals surface area contributed by atoms with Crippen LogP contribution in [0.4, 0.5) is 15.8 Å². The highest BCUT2D eigenvalue weighted by molar-refractivity contribution is 6.43. The lowest BCUT2D eigenvalue weighted by Gasteiger charge is -2.08. The molecular weight excluding hydrogens is 323 g/mol. The molecule has 0 radical (unpaired) electrons. The third-order valence-corrected chi connectivity index (χ3v) is 3.20. The van der Waals surface area contributed by atoms with Gasteiger partial charge in [-0.1, -0.05) is 23.7 Å². The summed E-state index contributed by atoms with van der Waals surface area (Å²) in [4.78, 5) is 34.9. The van der Waals surface area contributed by atoms with Crippen molar-refractivity contribution < 1.29 is 18.8 Å². The van der Waals surface area contributed by atoms with Gasteiger partial charge in [-0.2, -0.15) is 0 Å². The van der Waals surface area contributed by atoms with E-state index < -0.39 is 17.6 Å². The maximum absolute atomic E-state index is 13.0. The summed E-state index contributed by atoms with van der Waals surface area (Å²) in [6.07, 6.45) is 0. The Labute approximate surface area is 136 Å². The van der Waals surface area contributed by atoms with Crippen LogP contribution in [-0.2, 0) is 9.59 Å². The zero-order chi connectivity index (χ0) is 17.0. The Bertz CT molecular complexity index is 793. The van der Waals surface area contributed by atoms with Crippen LogP contribution in [0.3, 0.4) is 0 Å². The standard InChI is InChI=1S/C16H12ClFN2O3/c1-9(21)10-3-2-4-11(7-10)19-15(22)16(23)20-12-5-6-14(18)13(17)8-12/h2-8H,1H3,(H,19,22)(H,20,23). The van der Waals surface area contributed by atoms with E-state index in [1.807, 2.05) is 0 Å². The first-order chi connectivity index (χ1) is 10.9. The lowest BCUT2D eigenvalue weighted by atomic mass is 10.1. The number of hydrogen-bond donors (Lipinski definition) is 2. The third kappa shape index (κ3) is 4.37. The van der Waals surface area contributed by atoms with Crippen molar-refractivity contribution in [1.29, 1.82) is 0 Å². The number of Topliss-reactive ketones (excluding diaryl/α,β-unsaturated/α-hetero) is 1. The molecule has 7 heteroatoms. The molecule has 0 heterocycles. The maximum atomic E-state index is 13.0. The van der Waals surface area contributed by atoms with Crippen molar-refractivity contribution in [2.45, 2.75) is 6.92 Å². The zero-order valence-corrected chi connectivity index (χ0v) is 12.8. The molecule has 2 rings (SSSR count). The van der Waals surface area contributed by atoms with Gasteiger partial charge in [-0.25, -0.2) is 4.39 Å². The van der Waals surface area contributed by atoms with Crippen LogP contribution in [0.1, 0.15) is 17.3 Å². The predicted octanol–water partition coefficient (Wildman–Crippen LogP) is 3.26. The number of benzene rings is 2. The lowest BCUT2D eigenvalue weighted by molar-refractivity contribution is -0.132. The summed E-state index contributed by atoms with van der Waals surface area (Å²) < 4.78 is 13.0. The monoisotopic (exact) mass is 334 g/mol. The third-order valence-electron chi connectivity index (χ3n) is 2.91. The van der Waals surface area contributed by atoms with Crippen LogP contribution < -0.4 is 10.6 Å². The molecule has 2 aromatic carbocycles. The molecular formula is C16H12ClFN2O3. The van der Waals surface area contributed by atoms with Gasteiger partial charge in [-0.3, -0.25) is 14.4 Å². The summed E-state index contributed by atoms with van der Waals surface area (Å²) in [6.45, 7) is 1.39. The van der Waals surface area contributed by atoms with Gasteiger partial charge in [0, 0.05) is 16.9 Å². The van der Waals surface area contributed by atoms with Crippen LogP contribution in [0.15, 0.2) is 42.5 Å². The maximum Gasteiger partial charge on any atom is 0.314 e. The molecule has 0 spiro atoms. The van der Waals surface area contributed by atoms with E-state index in [0.717, 1.165) is 6.07 Å². The van der Waals surface area contributed by atoms with E-state index in [-0.39, 0.29) is 16.5 Å². The van der Waals surface area contributed by atoms with Crippen molar-refractivity contribution >= 4 is 40.6 Å². The SMILES string of the molecule is CC(=O)c1cccc(NC(=O)C(=O)Nc2ccc(F)c(Cl)c2)c1. The van der Waals surface area contributed by atoms with Crippen molar-refractivity contribution in [3.63, 3.8) is 0 Å². The fourth-order valence-electron chi connectivity index (χ4n) is 1.77. The average molecular weight is 335 g/mol. The molecule has 0 aliphatic heterocycles. The molecule has 23 heavy (non-hydrogen) atoms. The van der Waals surface area contributed by atoms with E-state index in [1.165, 1.54) is 25.1 Å². The minimum absolute atomic E-state index is 0.161. The molecule has 118 valence electrons. The summed E-state index contributed by atoms with van der Waals surface area (Å²) in [6, 6.07) is 9.74. The van der Waals surface area contributed by atoms with Crippen molar-refractivity contribution in [2.75, 3.05) is 10.6 Å². The number of hydrogen-bond acceptors (Lipinski definition) is 3. The zero-order valence-electron chi connectivity index (χ0n) is 12.0. The number of carbonyl (C=O) groups excluding carboxylic acids is 3. The number of nitrogens with one attached hydrogen (secondary N) is 2. The van der Waals surface area contributed by atoms with Gasteiger partial charge in [0.2, 0.25) is 0 Å².